The number of hydrogen-bond donors (Lipinski definition) is 4. The second-order valence-corrected chi connectivity index (χ2v) is 13.3. The van der Waals surface area contributed by atoms with Crippen molar-refractivity contribution < 1.29 is 51.7 Å². The molecule has 3 amide bonds. The molecule has 1 heterocycles. The molecule has 0 radical (unpaired) electrons. The Hall–Kier alpha value is -5.84. The normalized spacial score (nSPS) is 11.2. The van der Waals surface area contributed by atoms with Gasteiger partial charge in [0.15, 0.2) is 0 Å². The lowest BCUT2D eigenvalue weighted by atomic mass is 10.0. The van der Waals surface area contributed by atoms with Crippen molar-refractivity contribution in [2.75, 3.05) is 69.5 Å². The van der Waals surface area contributed by atoms with Crippen molar-refractivity contribution in [2.24, 2.45) is 0 Å². The van der Waals surface area contributed by atoms with Crippen LogP contribution in [0.1, 0.15) is 75.3 Å². The molecular formula is C43H50F3N5O8. The molecule has 1 aromatic heterocycles. The first kappa shape index (κ1) is 45.9. The summed E-state index contributed by atoms with van der Waals surface area (Å²) in [6, 6.07) is 19.6. The Labute approximate surface area is 341 Å². The molecule has 4 aromatic rings. The van der Waals surface area contributed by atoms with Gasteiger partial charge in [-0.1, -0.05) is 32.0 Å². The molecule has 13 nitrogen and oxygen atoms in total. The lowest BCUT2D eigenvalue weighted by molar-refractivity contribution is -0.139. The van der Waals surface area contributed by atoms with E-state index >= 15 is 0 Å². The van der Waals surface area contributed by atoms with Gasteiger partial charge in [0.05, 0.1) is 63.0 Å². The summed E-state index contributed by atoms with van der Waals surface area (Å²) in [6.07, 6.45) is -1.33. The molecule has 59 heavy (non-hydrogen) atoms. The van der Waals surface area contributed by atoms with E-state index in [1.54, 1.807) is 30.3 Å². The molecule has 0 saturated heterocycles. The molecule has 316 valence electrons. The summed E-state index contributed by atoms with van der Waals surface area (Å²) in [4.78, 5) is 57.1. The Morgan fingerprint density at radius 3 is 2.02 bits per heavy atom. The number of anilines is 2. The van der Waals surface area contributed by atoms with Crippen molar-refractivity contribution >= 4 is 35.1 Å². The number of nitrogens with one attached hydrogen (secondary N) is 3. The van der Waals surface area contributed by atoms with Gasteiger partial charge in [-0.05, 0) is 79.1 Å². The SMILES string of the molecule is CCCN(CCC)c1ccc(NC(=O)c2cccc(C(=O)NCCOCCOCCOCCC(=O)O)c2)c(-c2cc(C(=O)NCc3cccc(C(F)(F)F)c3)ccn2)c1. The average Bonchev–Trinajstić information content (AvgIpc) is 3.23. The lowest BCUT2D eigenvalue weighted by Gasteiger charge is -2.25. The Kier molecular flexibility index (Phi) is 18.3. The summed E-state index contributed by atoms with van der Waals surface area (Å²) in [7, 11) is 0. The van der Waals surface area contributed by atoms with Crippen molar-refractivity contribution in [3.8, 4) is 11.3 Å². The van der Waals surface area contributed by atoms with Crippen LogP contribution in [0, 0.1) is 0 Å². The molecular weight excluding hydrogens is 771 g/mol. The molecule has 0 atom stereocenters. The van der Waals surface area contributed by atoms with Crippen LogP contribution in [0.3, 0.4) is 0 Å². The van der Waals surface area contributed by atoms with Crippen molar-refractivity contribution in [1.29, 1.82) is 0 Å². The predicted molar refractivity (Wildman–Crippen MR) is 217 cm³/mol. The fourth-order valence-corrected chi connectivity index (χ4v) is 5.86. The van der Waals surface area contributed by atoms with Gasteiger partial charge in [-0.2, -0.15) is 13.2 Å². The van der Waals surface area contributed by atoms with E-state index in [1.165, 1.54) is 30.5 Å². The number of rotatable bonds is 24. The number of carbonyl (C=O) groups excluding carboxylic acids is 3. The van der Waals surface area contributed by atoms with E-state index < -0.39 is 35.4 Å². The van der Waals surface area contributed by atoms with Crippen LogP contribution in [0.5, 0.6) is 0 Å². The number of nitrogens with zero attached hydrogens (tertiary/aromatic N) is 2. The first-order valence-electron chi connectivity index (χ1n) is 19.3. The maximum absolute atomic E-state index is 13.7. The number of halogens is 3. The number of benzene rings is 3. The molecule has 4 N–H and O–H groups in total. The second-order valence-electron chi connectivity index (χ2n) is 13.3. The average molecular weight is 822 g/mol. The fourth-order valence-electron chi connectivity index (χ4n) is 5.86. The van der Waals surface area contributed by atoms with Crippen LogP contribution in [0.2, 0.25) is 0 Å². The number of carbonyl (C=O) groups is 4. The van der Waals surface area contributed by atoms with Crippen molar-refractivity contribution in [1.82, 2.24) is 15.6 Å². The van der Waals surface area contributed by atoms with E-state index in [9.17, 15) is 32.3 Å². The number of hydrogen-bond acceptors (Lipinski definition) is 9. The smallest absolute Gasteiger partial charge is 0.416 e. The summed E-state index contributed by atoms with van der Waals surface area (Å²) in [5.74, 6) is -2.33. The van der Waals surface area contributed by atoms with Gasteiger partial charge in [0, 0.05) is 60.3 Å². The van der Waals surface area contributed by atoms with Gasteiger partial charge in [-0.25, -0.2) is 0 Å². The molecule has 0 aliphatic heterocycles. The minimum atomic E-state index is -4.51. The minimum absolute atomic E-state index is 0.0689. The first-order chi connectivity index (χ1) is 28.4. The summed E-state index contributed by atoms with van der Waals surface area (Å²) in [5, 5.41) is 17.0. The number of amides is 3. The zero-order chi connectivity index (χ0) is 42.6. The van der Waals surface area contributed by atoms with E-state index in [2.05, 4.69) is 39.7 Å². The Morgan fingerprint density at radius 1 is 0.712 bits per heavy atom. The number of alkyl halides is 3. The predicted octanol–water partition coefficient (Wildman–Crippen LogP) is 6.83. The summed E-state index contributed by atoms with van der Waals surface area (Å²) >= 11 is 0. The van der Waals surface area contributed by atoms with Crippen LogP contribution < -0.4 is 20.9 Å². The van der Waals surface area contributed by atoms with E-state index in [-0.39, 0.29) is 68.2 Å². The van der Waals surface area contributed by atoms with E-state index in [1.807, 2.05) is 12.1 Å². The van der Waals surface area contributed by atoms with Gasteiger partial charge < -0.3 is 40.2 Å². The Balaban J connectivity index is 1.42. The fraction of sp³-hybridized carbons (Fsp3) is 0.372. The number of aliphatic carboxylic acids is 1. The Morgan fingerprint density at radius 2 is 1.34 bits per heavy atom. The molecule has 16 heteroatoms. The summed E-state index contributed by atoms with van der Waals surface area (Å²) in [5.41, 5.74) is 2.39. The van der Waals surface area contributed by atoms with Crippen LogP contribution in [0.25, 0.3) is 11.3 Å². The third-order valence-electron chi connectivity index (χ3n) is 8.73. The van der Waals surface area contributed by atoms with Crippen LogP contribution in [-0.4, -0.2) is 93.1 Å². The Bertz CT molecular complexity index is 2010. The zero-order valence-corrected chi connectivity index (χ0v) is 33.1. The van der Waals surface area contributed by atoms with Crippen molar-refractivity contribution in [2.45, 2.75) is 45.8 Å². The zero-order valence-electron chi connectivity index (χ0n) is 33.1. The van der Waals surface area contributed by atoms with Crippen LogP contribution in [-0.2, 0) is 31.7 Å². The van der Waals surface area contributed by atoms with Crippen LogP contribution >= 0.6 is 0 Å². The van der Waals surface area contributed by atoms with E-state index in [0.717, 1.165) is 43.8 Å². The molecule has 0 aliphatic rings. The second kappa shape index (κ2) is 23.5. The van der Waals surface area contributed by atoms with E-state index in [4.69, 9.17) is 19.3 Å². The molecule has 4 rings (SSSR count). The lowest BCUT2D eigenvalue weighted by Crippen LogP contribution is -2.28. The largest absolute Gasteiger partial charge is 0.481 e. The van der Waals surface area contributed by atoms with Gasteiger partial charge in [-0.15, -0.1) is 0 Å². The highest BCUT2D eigenvalue weighted by atomic mass is 19.4. The number of carboxylic acids is 1. The van der Waals surface area contributed by atoms with Gasteiger partial charge >= 0.3 is 12.1 Å². The summed E-state index contributed by atoms with van der Waals surface area (Å²) < 4.78 is 55.7. The molecule has 3 aromatic carbocycles. The highest BCUT2D eigenvalue weighted by molar-refractivity contribution is 6.08. The highest BCUT2D eigenvalue weighted by Crippen LogP contribution is 2.33. The topological polar surface area (TPSA) is 168 Å². The molecule has 0 unspecified atom stereocenters. The number of pyridine rings is 1. The molecule has 0 fully saturated rings. The van der Waals surface area contributed by atoms with Crippen molar-refractivity contribution in [3.05, 3.63) is 113 Å². The van der Waals surface area contributed by atoms with Gasteiger partial charge in [0.2, 0.25) is 0 Å². The van der Waals surface area contributed by atoms with Gasteiger partial charge in [0.1, 0.15) is 0 Å². The quantitative estimate of drug-likeness (QED) is 0.0550. The number of aromatic nitrogens is 1. The van der Waals surface area contributed by atoms with Crippen molar-refractivity contribution in [3.63, 3.8) is 0 Å². The van der Waals surface area contributed by atoms with E-state index in [0.29, 0.717) is 30.2 Å². The molecule has 0 saturated carbocycles. The maximum atomic E-state index is 13.7. The molecule has 0 aliphatic carbocycles. The number of ether oxygens (including phenoxy) is 3. The first-order valence-corrected chi connectivity index (χ1v) is 19.3. The van der Waals surface area contributed by atoms with Crippen LogP contribution in [0.15, 0.2) is 85.1 Å². The highest BCUT2D eigenvalue weighted by Gasteiger charge is 2.30. The third kappa shape index (κ3) is 15.1. The standard InChI is InChI=1S/C43H50F3N5O8/c1-3-17-51(18-4-2)35-11-12-37(36(28-35)38-27-33(13-15-47-38)41(55)49-29-30-7-5-10-34(25-30)43(44,45)46)50-42(56)32-9-6-8-31(26-32)40(54)48-16-20-58-22-24-59-23-21-57-19-14-39(52)53/h5-13,15,25-28H,3-4,14,16-24,29H2,1-2H3,(H,48,54)(H,49,55)(H,50,56)(H,52,53). The summed E-state index contributed by atoms with van der Waals surface area (Å²) in [6.45, 7) is 7.32. The molecule has 0 bridgehead atoms. The molecule has 0 spiro atoms. The maximum Gasteiger partial charge on any atom is 0.416 e. The number of carboxylic acid groups (broad SMARTS) is 1. The monoisotopic (exact) mass is 821 g/mol. The third-order valence-corrected chi connectivity index (χ3v) is 8.73. The van der Waals surface area contributed by atoms with Gasteiger partial charge in [0.25, 0.3) is 17.7 Å². The minimum Gasteiger partial charge on any atom is -0.481 e. The van der Waals surface area contributed by atoms with Crippen LogP contribution in [0.4, 0.5) is 24.5 Å². The van der Waals surface area contributed by atoms with Gasteiger partial charge in [-0.3, -0.25) is 24.2 Å².